The maximum absolute atomic E-state index is 12.2. The molecule has 3 rings (SSSR count). The molecule has 22 heavy (non-hydrogen) atoms. The van der Waals surface area contributed by atoms with Crippen LogP contribution in [0.15, 0.2) is 42.6 Å². The number of ether oxygens (including phenoxy) is 1. The number of pyridine rings is 1. The van der Waals surface area contributed by atoms with E-state index in [1.807, 2.05) is 43.3 Å². The molecule has 0 fully saturated rings. The van der Waals surface area contributed by atoms with Gasteiger partial charge in [0.25, 0.3) is 0 Å². The highest BCUT2D eigenvalue weighted by atomic mass is 32.1. The molecule has 0 unspecified atom stereocenters. The third-order valence-electron chi connectivity index (χ3n) is 3.62. The Kier molecular flexibility index (Phi) is 4.20. The number of aromatic nitrogens is 1. The monoisotopic (exact) mass is 311 g/mol. The minimum Gasteiger partial charge on any atom is -0.457 e. The summed E-state index contributed by atoms with van der Waals surface area (Å²) in [6, 6.07) is 11.7. The van der Waals surface area contributed by atoms with Crippen LogP contribution >= 0.6 is 11.3 Å². The number of hydrogen-bond donors (Lipinski definition) is 0. The van der Waals surface area contributed by atoms with Crippen molar-refractivity contribution in [1.82, 2.24) is 4.98 Å². The van der Waals surface area contributed by atoms with Gasteiger partial charge in [-0.25, -0.2) is 4.79 Å². The number of nitrogens with zero attached hydrogens (tertiary/aromatic N) is 1. The zero-order valence-corrected chi connectivity index (χ0v) is 13.4. The van der Waals surface area contributed by atoms with E-state index in [4.69, 9.17) is 4.74 Å². The number of carbonyl (C=O) groups is 1. The number of para-hydroxylation sites is 1. The van der Waals surface area contributed by atoms with Gasteiger partial charge in [-0.05, 0) is 31.0 Å². The molecule has 4 heteroatoms. The van der Waals surface area contributed by atoms with Gasteiger partial charge in [0.2, 0.25) is 0 Å². The van der Waals surface area contributed by atoms with Crippen molar-refractivity contribution in [3.05, 3.63) is 63.5 Å². The van der Waals surface area contributed by atoms with Crippen molar-refractivity contribution in [1.29, 1.82) is 0 Å². The summed E-state index contributed by atoms with van der Waals surface area (Å²) in [7, 11) is 0. The first-order valence-corrected chi connectivity index (χ1v) is 8.09. The van der Waals surface area contributed by atoms with Gasteiger partial charge in [-0.15, -0.1) is 11.3 Å². The molecule has 3 nitrogen and oxygen atoms in total. The van der Waals surface area contributed by atoms with Crippen LogP contribution in [-0.4, -0.2) is 11.0 Å². The zero-order chi connectivity index (χ0) is 15.5. The Morgan fingerprint density at radius 2 is 2.09 bits per heavy atom. The van der Waals surface area contributed by atoms with E-state index in [0.717, 1.165) is 28.5 Å². The van der Waals surface area contributed by atoms with Crippen molar-refractivity contribution >= 4 is 28.2 Å². The lowest BCUT2D eigenvalue weighted by Crippen LogP contribution is -2.03. The van der Waals surface area contributed by atoms with Crippen molar-refractivity contribution < 1.29 is 9.53 Å². The van der Waals surface area contributed by atoms with Crippen molar-refractivity contribution in [3.63, 3.8) is 0 Å². The average molecular weight is 311 g/mol. The molecule has 0 aliphatic rings. The van der Waals surface area contributed by atoms with Gasteiger partial charge in [0.15, 0.2) is 0 Å². The average Bonchev–Trinajstić information content (AvgIpc) is 2.93. The Morgan fingerprint density at radius 1 is 1.27 bits per heavy atom. The molecule has 0 saturated carbocycles. The van der Waals surface area contributed by atoms with Crippen LogP contribution < -0.4 is 0 Å². The number of carbonyl (C=O) groups excluding carboxylic acids is 1. The van der Waals surface area contributed by atoms with E-state index >= 15 is 0 Å². The van der Waals surface area contributed by atoms with Crippen LogP contribution in [0.25, 0.3) is 10.9 Å². The third-order valence-corrected chi connectivity index (χ3v) is 4.98. The fourth-order valence-electron chi connectivity index (χ4n) is 2.47. The molecule has 1 aromatic carbocycles. The fraction of sp³-hybridized carbons (Fsp3) is 0.222. The van der Waals surface area contributed by atoms with Crippen molar-refractivity contribution in [2.24, 2.45) is 0 Å². The minimum atomic E-state index is -0.263. The number of benzene rings is 1. The standard InChI is InChI=1S/C18H17NO2S/c1-3-15-12(2)10-16(22-15)18(20)21-11-14-7-4-6-13-8-5-9-19-17(13)14/h4-10H,3,11H2,1-2H3. The molecular weight excluding hydrogens is 294 g/mol. The molecule has 0 aliphatic carbocycles. The highest BCUT2D eigenvalue weighted by molar-refractivity contribution is 7.14. The van der Waals surface area contributed by atoms with Crippen LogP contribution in [0.4, 0.5) is 0 Å². The smallest absolute Gasteiger partial charge is 0.348 e. The topological polar surface area (TPSA) is 39.2 Å². The quantitative estimate of drug-likeness (QED) is 0.665. The Bertz CT molecular complexity index is 818. The van der Waals surface area contributed by atoms with Crippen LogP contribution in [0, 0.1) is 6.92 Å². The maximum Gasteiger partial charge on any atom is 0.348 e. The van der Waals surface area contributed by atoms with E-state index in [2.05, 4.69) is 11.9 Å². The lowest BCUT2D eigenvalue weighted by Gasteiger charge is -2.06. The van der Waals surface area contributed by atoms with E-state index in [9.17, 15) is 4.79 Å². The minimum absolute atomic E-state index is 0.242. The number of hydrogen-bond acceptors (Lipinski definition) is 4. The number of thiophene rings is 1. The normalized spacial score (nSPS) is 10.8. The molecule has 3 aromatic rings. The summed E-state index contributed by atoms with van der Waals surface area (Å²) in [5.74, 6) is -0.263. The van der Waals surface area contributed by atoms with Crippen molar-refractivity contribution in [2.45, 2.75) is 26.9 Å². The van der Waals surface area contributed by atoms with Crippen LogP contribution in [0.5, 0.6) is 0 Å². The zero-order valence-electron chi connectivity index (χ0n) is 12.6. The van der Waals surface area contributed by atoms with Gasteiger partial charge in [0.05, 0.1) is 5.52 Å². The molecule has 0 bridgehead atoms. The molecule has 2 heterocycles. The van der Waals surface area contributed by atoms with Gasteiger partial charge in [-0.1, -0.05) is 31.2 Å². The summed E-state index contributed by atoms with van der Waals surface area (Å²) in [5, 5.41) is 1.05. The molecular formula is C18H17NO2S. The van der Waals surface area contributed by atoms with Gasteiger partial charge in [0.1, 0.15) is 11.5 Å². The first-order valence-electron chi connectivity index (χ1n) is 7.28. The van der Waals surface area contributed by atoms with E-state index in [1.54, 1.807) is 6.20 Å². The van der Waals surface area contributed by atoms with Crippen LogP contribution in [0.1, 0.15) is 32.6 Å². The molecule has 0 aliphatic heterocycles. The lowest BCUT2D eigenvalue weighted by atomic mass is 10.1. The first-order chi connectivity index (χ1) is 10.7. The second-order valence-electron chi connectivity index (χ2n) is 5.14. The predicted molar refractivity (Wildman–Crippen MR) is 89.3 cm³/mol. The molecule has 112 valence electrons. The Hall–Kier alpha value is -2.20. The van der Waals surface area contributed by atoms with Gasteiger partial charge >= 0.3 is 5.97 Å². The second kappa shape index (κ2) is 6.28. The van der Waals surface area contributed by atoms with E-state index in [0.29, 0.717) is 4.88 Å². The largest absolute Gasteiger partial charge is 0.457 e. The first kappa shape index (κ1) is 14.7. The number of rotatable bonds is 4. The molecule has 0 amide bonds. The van der Waals surface area contributed by atoms with Crippen LogP contribution in [0.2, 0.25) is 0 Å². The van der Waals surface area contributed by atoms with Crippen molar-refractivity contribution in [3.8, 4) is 0 Å². The Balaban J connectivity index is 1.77. The SMILES string of the molecule is CCc1sc(C(=O)OCc2cccc3cccnc23)cc1C. The van der Waals surface area contributed by atoms with E-state index < -0.39 is 0 Å². The predicted octanol–water partition coefficient (Wildman–Crippen LogP) is 4.52. The summed E-state index contributed by atoms with van der Waals surface area (Å²) in [6.45, 7) is 4.36. The lowest BCUT2D eigenvalue weighted by molar-refractivity contribution is 0.0480. The summed E-state index contributed by atoms with van der Waals surface area (Å²) in [6.07, 6.45) is 2.70. The Morgan fingerprint density at radius 3 is 2.86 bits per heavy atom. The maximum atomic E-state index is 12.2. The molecule has 0 atom stereocenters. The summed E-state index contributed by atoms with van der Waals surface area (Å²) >= 11 is 1.52. The number of aryl methyl sites for hydroxylation is 2. The number of esters is 1. The van der Waals surface area contributed by atoms with E-state index in [-0.39, 0.29) is 12.6 Å². The van der Waals surface area contributed by atoms with Gasteiger partial charge in [-0.3, -0.25) is 4.98 Å². The molecule has 0 spiro atoms. The van der Waals surface area contributed by atoms with Gasteiger partial charge < -0.3 is 4.74 Å². The van der Waals surface area contributed by atoms with Crippen LogP contribution in [-0.2, 0) is 17.8 Å². The summed E-state index contributed by atoms with van der Waals surface area (Å²) < 4.78 is 5.47. The van der Waals surface area contributed by atoms with Crippen LogP contribution in [0.3, 0.4) is 0 Å². The molecule has 0 N–H and O–H groups in total. The second-order valence-corrected chi connectivity index (χ2v) is 6.28. The number of fused-ring (bicyclic) bond motifs is 1. The fourth-order valence-corrected chi connectivity index (χ4v) is 3.48. The highest BCUT2D eigenvalue weighted by Crippen LogP contribution is 2.24. The summed E-state index contributed by atoms with van der Waals surface area (Å²) in [5.41, 5.74) is 2.97. The molecule has 0 radical (unpaired) electrons. The van der Waals surface area contributed by atoms with E-state index in [1.165, 1.54) is 16.2 Å². The molecule has 2 aromatic heterocycles. The van der Waals surface area contributed by atoms with Crippen molar-refractivity contribution in [2.75, 3.05) is 0 Å². The molecule has 0 saturated heterocycles. The summed E-state index contributed by atoms with van der Waals surface area (Å²) in [4.78, 5) is 18.5. The highest BCUT2D eigenvalue weighted by Gasteiger charge is 2.13. The van der Waals surface area contributed by atoms with Gasteiger partial charge in [-0.2, -0.15) is 0 Å². The third kappa shape index (κ3) is 2.88. The van der Waals surface area contributed by atoms with Gasteiger partial charge in [0, 0.05) is 22.0 Å². The Labute approximate surface area is 133 Å².